The maximum Gasteiger partial charge on any atom is 0.421 e. The lowest BCUT2D eigenvalue weighted by atomic mass is 9.64. The second kappa shape index (κ2) is 10.8. The maximum atomic E-state index is 14.6. The molecule has 0 radical (unpaired) electrons. The number of halogens is 3. The van der Waals surface area contributed by atoms with Crippen LogP contribution in [-0.2, 0) is 21.4 Å². The van der Waals surface area contributed by atoms with Crippen molar-refractivity contribution in [3.63, 3.8) is 0 Å². The van der Waals surface area contributed by atoms with Crippen LogP contribution in [0.5, 0.6) is 5.75 Å². The van der Waals surface area contributed by atoms with Crippen molar-refractivity contribution < 1.29 is 32.2 Å². The lowest BCUT2D eigenvalue weighted by Crippen LogP contribution is -2.49. The summed E-state index contributed by atoms with van der Waals surface area (Å²) in [5.74, 6) is -1.13. The molecule has 2 amide bonds. The van der Waals surface area contributed by atoms with E-state index in [1.165, 1.54) is 7.11 Å². The van der Waals surface area contributed by atoms with Crippen molar-refractivity contribution in [3.05, 3.63) is 107 Å². The number of para-hydroxylation sites is 1. The van der Waals surface area contributed by atoms with E-state index in [2.05, 4.69) is 0 Å². The van der Waals surface area contributed by atoms with Crippen LogP contribution in [0.25, 0.3) is 0 Å². The number of ether oxygens (including phenoxy) is 2. The van der Waals surface area contributed by atoms with Crippen LogP contribution < -0.4 is 9.64 Å². The van der Waals surface area contributed by atoms with Gasteiger partial charge in [-0.3, -0.25) is 4.79 Å². The fourth-order valence-corrected chi connectivity index (χ4v) is 5.14. The van der Waals surface area contributed by atoms with Gasteiger partial charge in [-0.2, -0.15) is 13.2 Å². The summed E-state index contributed by atoms with van der Waals surface area (Å²) in [4.78, 5) is 29.0. The molecular formula is C32H32F3NO4. The van der Waals surface area contributed by atoms with Crippen molar-refractivity contribution >= 4 is 17.7 Å². The molecule has 210 valence electrons. The molecule has 0 aliphatic carbocycles. The van der Waals surface area contributed by atoms with Gasteiger partial charge in [0.25, 0.3) is 0 Å². The molecular weight excluding hydrogens is 519 g/mol. The van der Waals surface area contributed by atoms with E-state index < -0.39 is 35.1 Å². The Morgan fingerprint density at radius 3 is 2.17 bits per heavy atom. The molecule has 1 heterocycles. The van der Waals surface area contributed by atoms with Crippen LogP contribution in [0.4, 0.5) is 23.7 Å². The number of carbonyl (C=O) groups is 2. The zero-order valence-corrected chi connectivity index (χ0v) is 23.1. The highest BCUT2D eigenvalue weighted by Gasteiger charge is 2.57. The number of rotatable bonds is 6. The molecule has 0 fully saturated rings. The van der Waals surface area contributed by atoms with E-state index in [1.54, 1.807) is 93.6 Å². The second-order valence-corrected chi connectivity index (χ2v) is 10.9. The number of aryl methyl sites for hydroxylation is 1. The van der Waals surface area contributed by atoms with Crippen molar-refractivity contribution in [3.8, 4) is 5.75 Å². The van der Waals surface area contributed by atoms with Crippen LogP contribution in [0, 0.1) is 6.92 Å². The van der Waals surface area contributed by atoms with Crippen molar-refractivity contribution in [2.24, 2.45) is 0 Å². The Hall–Kier alpha value is -4.07. The Morgan fingerprint density at radius 1 is 0.975 bits per heavy atom. The van der Waals surface area contributed by atoms with Crippen molar-refractivity contribution in [1.29, 1.82) is 0 Å². The summed E-state index contributed by atoms with van der Waals surface area (Å²) in [5, 5.41) is 0. The van der Waals surface area contributed by atoms with Gasteiger partial charge >= 0.3 is 12.3 Å². The molecule has 0 N–H and O–H groups in total. The molecule has 0 saturated carbocycles. The van der Waals surface area contributed by atoms with E-state index in [-0.39, 0.29) is 18.2 Å². The zero-order chi connectivity index (χ0) is 29.3. The lowest BCUT2D eigenvalue weighted by molar-refractivity contribution is -0.123. The van der Waals surface area contributed by atoms with E-state index in [0.29, 0.717) is 22.4 Å². The molecule has 2 atom stereocenters. The number of hydrogen-bond donors (Lipinski definition) is 0. The molecule has 2 unspecified atom stereocenters. The summed E-state index contributed by atoms with van der Waals surface area (Å²) in [5.41, 5.74) is 0.340. The number of anilines is 1. The van der Waals surface area contributed by atoms with Gasteiger partial charge in [0.15, 0.2) is 0 Å². The summed E-state index contributed by atoms with van der Waals surface area (Å²) in [6, 6.07) is 20.7. The Labute approximate surface area is 232 Å². The predicted octanol–water partition coefficient (Wildman–Crippen LogP) is 7.67. The van der Waals surface area contributed by atoms with E-state index in [0.717, 1.165) is 16.5 Å². The van der Waals surface area contributed by atoms with Gasteiger partial charge in [-0.15, -0.1) is 0 Å². The fraction of sp³-hybridized carbons (Fsp3) is 0.312. The number of amides is 2. The third-order valence-corrected chi connectivity index (χ3v) is 6.87. The topological polar surface area (TPSA) is 55.8 Å². The van der Waals surface area contributed by atoms with Crippen LogP contribution in [0.1, 0.15) is 48.9 Å². The summed E-state index contributed by atoms with van der Waals surface area (Å²) in [7, 11) is 1.53. The normalized spacial score (nSPS) is 18.1. The third-order valence-electron chi connectivity index (χ3n) is 6.87. The highest BCUT2D eigenvalue weighted by atomic mass is 19.4. The van der Waals surface area contributed by atoms with E-state index in [4.69, 9.17) is 9.47 Å². The molecule has 4 rings (SSSR count). The van der Waals surface area contributed by atoms with Crippen LogP contribution in [-0.4, -0.2) is 30.9 Å². The minimum absolute atomic E-state index is 0.0207. The second-order valence-electron chi connectivity index (χ2n) is 10.9. The number of benzene rings is 3. The summed E-state index contributed by atoms with van der Waals surface area (Å²) < 4.78 is 51.8. The highest BCUT2D eigenvalue weighted by Crippen LogP contribution is 2.53. The van der Waals surface area contributed by atoms with Gasteiger partial charge in [0, 0.05) is 12.0 Å². The first-order chi connectivity index (χ1) is 18.7. The van der Waals surface area contributed by atoms with Crippen molar-refractivity contribution in [1.82, 2.24) is 0 Å². The summed E-state index contributed by atoms with van der Waals surface area (Å²) in [6.45, 7) is 6.92. The van der Waals surface area contributed by atoms with Gasteiger partial charge in [0.2, 0.25) is 5.91 Å². The molecule has 40 heavy (non-hydrogen) atoms. The molecule has 8 heteroatoms. The molecule has 3 aromatic rings. The smallest absolute Gasteiger partial charge is 0.421 e. The number of imide groups is 1. The van der Waals surface area contributed by atoms with Crippen LogP contribution in [0.3, 0.4) is 0 Å². The summed E-state index contributed by atoms with van der Waals surface area (Å²) >= 11 is 0. The van der Waals surface area contributed by atoms with Crippen LogP contribution in [0.2, 0.25) is 0 Å². The molecule has 0 spiro atoms. The fourth-order valence-electron chi connectivity index (χ4n) is 5.14. The van der Waals surface area contributed by atoms with E-state index in [1.807, 2.05) is 6.92 Å². The highest BCUT2D eigenvalue weighted by molar-refractivity contribution is 6.21. The number of allylic oxidation sites excluding steroid dienone is 2. The number of nitrogens with zero attached hydrogens (tertiary/aromatic N) is 1. The Kier molecular flexibility index (Phi) is 7.83. The number of hydrogen-bond acceptors (Lipinski definition) is 4. The Morgan fingerprint density at radius 2 is 1.60 bits per heavy atom. The quantitative estimate of drug-likeness (QED) is 0.295. The third kappa shape index (κ3) is 5.91. The average Bonchev–Trinajstić information content (AvgIpc) is 3.12. The molecule has 1 aliphatic rings. The number of carbonyl (C=O) groups excluding carboxylic acids is 2. The van der Waals surface area contributed by atoms with Gasteiger partial charge in [-0.25, -0.2) is 9.69 Å². The molecule has 0 saturated heterocycles. The molecule has 0 bridgehead atoms. The zero-order valence-electron chi connectivity index (χ0n) is 23.1. The average molecular weight is 552 g/mol. The van der Waals surface area contributed by atoms with E-state index in [9.17, 15) is 22.8 Å². The molecule has 3 aromatic carbocycles. The van der Waals surface area contributed by atoms with Gasteiger partial charge in [0.1, 0.15) is 11.4 Å². The Bertz CT molecular complexity index is 1410. The summed E-state index contributed by atoms with van der Waals surface area (Å²) in [6.07, 6.45) is -4.28. The standard InChI is InChI=1S/C32H32F3NO4/c1-21-10-14-23(15-11-21)25(18-19-32(33,34)35)31(20-22-12-16-24(39-5)17-13-22)26-8-6-7-9-27(26)36(28(31)37)29(38)40-30(2,3)4/h6-19,25H,20H2,1-5H3/b19-18+. The maximum absolute atomic E-state index is 14.6. The van der Waals surface area contributed by atoms with Crippen molar-refractivity contribution in [2.75, 3.05) is 12.0 Å². The predicted molar refractivity (Wildman–Crippen MR) is 148 cm³/mol. The van der Waals surface area contributed by atoms with Crippen molar-refractivity contribution in [2.45, 2.75) is 57.2 Å². The van der Waals surface area contributed by atoms with Gasteiger partial charge in [-0.05, 0) is 69.0 Å². The first-order valence-corrected chi connectivity index (χ1v) is 12.9. The lowest BCUT2D eigenvalue weighted by Gasteiger charge is -2.36. The van der Waals surface area contributed by atoms with Gasteiger partial charge in [-0.1, -0.05) is 66.2 Å². The minimum Gasteiger partial charge on any atom is -0.497 e. The molecule has 1 aliphatic heterocycles. The van der Waals surface area contributed by atoms with Gasteiger partial charge < -0.3 is 9.47 Å². The van der Waals surface area contributed by atoms with Crippen LogP contribution >= 0.6 is 0 Å². The van der Waals surface area contributed by atoms with Crippen LogP contribution in [0.15, 0.2) is 84.9 Å². The largest absolute Gasteiger partial charge is 0.497 e. The van der Waals surface area contributed by atoms with E-state index >= 15 is 0 Å². The Balaban J connectivity index is 2.00. The first kappa shape index (κ1) is 28.9. The molecule has 5 nitrogen and oxygen atoms in total. The molecule has 0 aromatic heterocycles. The number of methoxy groups -OCH3 is 1. The first-order valence-electron chi connectivity index (χ1n) is 12.9. The monoisotopic (exact) mass is 551 g/mol. The SMILES string of the molecule is COc1ccc(CC2(C(/C=C/C(F)(F)F)c3ccc(C)cc3)C(=O)N(C(=O)OC(C)(C)C)c3ccccc32)cc1. The number of alkyl halides is 3. The van der Waals surface area contributed by atoms with Gasteiger partial charge in [0.05, 0.1) is 18.2 Å². The minimum atomic E-state index is -4.61. The number of fused-ring (bicyclic) bond motifs is 1.